The van der Waals surface area contributed by atoms with Gasteiger partial charge in [0, 0.05) is 49.7 Å². The molecule has 0 aliphatic carbocycles. The van der Waals surface area contributed by atoms with Crippen LogP contribution in [0.1, 0.15) is 22.5 Å². The highest BCUT2D eigenvalue weighted by atomic mass is 16.2. The van der Waals surface area contributed by atoms with E-state index in [2.05, 4.69) is 51.6 Å². The lowest BCUT2D eigenvalue weighted by Crippen LogP contribution is -2.31. The van der Waals surface area contributed by atoms with Crippen molar-refractivity contribution in [3.05, 3.63) is 65.1 Å². The maximum Gasteiger partial charge on any atom is 0.317 e. The molecule has 0 atom stereocenters. The Hall–Kier alpha value is -3.29. The number of nitrogens with zero attached hydrogens (tertiary/aromatic N) is 5. The van der Waals surface area contributed by atoms with Gasteiger partial charge in [-0.2, -0.15) is 10.2 Å². The normalized spacial score (nSPS) is 13.7. The van der Waals surface area contributed by atoms with Crippen LogP contribution < -0.4 is 10.6 Å². The van der Waals surface area contributed by atoms with Crippen molar-refractivity contribution < 1.29 is 4.79 Å². The molecule has 0 unspecified atom stereocenters. The SMILES string of the molecule is Cc1nn(Cc2ccccc2)c(C)c1CNc1ccn(CCN2CCNC2=O)n1. The number of amides is 2. The summed E-state index contributed by atoms with van der Waals surface area (Å²) in [6.07, 6.45) is 1.94. The number of rotatable bonds is 8. The summed E-state index contributed by atoms with van der Waals surface area (Å²) in [4.78, 5) is 13.4. The van der Waals surface area contributed by atoms with E-state index < -0.39 is 0 Å². The van der Waals surface area contributed by atoms with Gasteiger partial charge in [0.2, 0.25) is 0 Å². The number of urea groups is 1. The Balaban J connectivity index is 1.34. The van der Waals surface area contributed by atoms with Gasteiger partial charge in [-0.3, -0.25) is 9.36 Å². The molecule has 3 heterocycles. The van der Waals surface area contributed by atoms with E-state index in [1.807, 2.05) is 34.8 Å². The van der Waals surface area contributed by atoms with Crippen LogP contribution in [0.4, 0.5) is 10.6 Å². The summed E-state index contributed by atoms with van der Waals surface area (Å²) in [5.41, 5.74) is 4.64. The molecule has 29 heavy (non-hydrogen) atoms. The van der Waals surface area contributed by atoms with Gasteiger partial charge in [0.25, 0.3) is 0 Å². The topological polar surface area (TPSA) is 80.0 Å². The van der Waals surface area contributed by atoms with E-state index in [-0.39, 0.29) is 6.03 Å². The third kappa shape index (κ3) is 4.42. The van der Waals surface area contributed by atoms with Crippen molar-refractivity contribution in [2.75, 3.05) is 25.0 Å². The van der Waals surface area contributed by atoms with Crippen LogP contribution in [0.2, 0.25) is 0 Å². The summed E-state index contributed by atoms with van der Waals surface area (Å²) in [6, 6.07) is 12.3. The van der Waals surface area contributed by atoms with Crippen molar-refractivity contribution in [1.82, 2.24) is 29.8 Å². The minimum Gasteiger partial charge on any atom is -0.364 e. The first-order valence-corrected chi connectivity index (χ1v) is 9.97. The summed E-state index contributed by atoms with van der Waals surface area (Å²) >= 11 is 0. The molecular weight excluding hydrogens is 366 g/mol. The summed E-state index contributed by atoms with van der Waals surface area (Å²) in [6.45, 7) is 8.44. The standard InChI is InChI=1S/C21H27N7O/c1-16-19(17(2)28(24-16)15-18-6-4-3-5-7-18)14-23-20-8-10-27(25-20)13-12-26-11-9-22-21(26)29/h3-8,10H,9,11-15H2,1-2H3,(H,22,29)(H,23,25). The number of aryl methyl sites for hydroxylation is 1. The Kier molecular flexibility index (Phi) is 5.50. The number of hydrogen-bond acceptors (Lipinski definition) is 4. The molecule has 1 aromatic carbocycles. The number of nitrogens with one attached hydrogen (secondary N) is 2. The molecule has 8 nitrogen and oxygen atoms in total. The van der Waals surface area contributed by atoms with E-state index >= 15 is 0 Å². The zero-order chi connectivity index (χ0) is 20.2. The van der Waals surface area contributed by atoms with Crippen LogP contribution in [0.15, 0.2) is 42.6 Å². The van der Waals surface area contributed by atoms with Crippen molar-refractivity contribution in [3.8, 4) is 0 Å². The van der Waals surface area contributed by atoms with Crippen molar-refractivity contribution in [1.29, 1.82) is 0 Å². The number of anilines is 1. The Morgan fingerprint density at radius 2 is 1.93 bits per heavy atom. The predicted octanol–water partition coefficient (Wildman–Crippen LogP) is 2.38. The fourth-order valence-electron chi connectivity index (χ4n) is 3.61. The second-order valence-corrected chi connectivity index (χ2v) is 7.33. The molecule has 2 amide bonds. The van der Waals surface area contributed by atoms with Gasteiger partial charge in [0.15, 0.2) is 0 Å². The van der Waals surface area contributed by atoms with Crippen LogP contribution in [0.3, 0.4) is 0 Å². The van der Waals surface area contributed by atoms with Crippen LogP contribution >= 0.6 is 0 Å². The lowest BCUT2D eigenvalue weighted by Gasteiger charge is -2.13. The van der Waals surface area contributed by atoms with E-state index in [1.54, 1.807) is 0 Å². The van der Waals surface area contributed by atoms with Crippen LogP contribution in [0.25, 0.3) is 0 Å². The smallest absolute Gasteiger partial charge is 0.317 e. The Morgan fingerprint density at radius 3 is 2.69 bits per heavy atom. The lowest BCUT2D eigenvalue weighted by atomic mass is 10.2. The zero-order valence-electron chi connectivity index (χ0n) is 16.9. The molecule has 0 spiro atoms. The van der Waals surface area contributed by atoms with Gasteiger partial charge in [-0.05, 0) is 19.4 Å². The second-order valence-electron chi connectivity index (χ2n) is 7.33. The lowest BCUT2D eigenvalue weighted by molar-refractivity contribution is 0.215. The average Bonchev–Trinajstić information content (AvgIpc) is 3.41. The summed E-state index contributed by atoms with van der Waals surface area (Å²) in [5, 5.41) is 15.5. The van der Waals surface area contributed by atoms with E-state index in [9.17, 15) is 4.79 Å². The highest BCUT2D eigenvalue weighted by molar-refractivity contribution is 5.76. The van der Waals surface area contributed by atoms with Crippen LogP contribution in [0.5, 0.6) is 0 Å². The number of carbonyl (C=O) groups is 1. The Morgan fingerprint density at radius 1 is 1.10 bits per heavy atom. The minimum absolute atomic E-state index is 0.00831. The first-order chi connectivity index (χ1) is 14.1. The van der Waals surface area contributed by atoms with Gasteiger partial charge >= 0.3 is 6.03 Å². The molecular formula is C21H27N7O. The monoisotopic (exact) mass is 393 g/mol. The zero-order valence-corrected chi connectivity index (χ0v) is 16.9. The molecule has 152 valence electrons. The molecule has 2 N–H and O–H groups in total. The highest BCUT2D eigenvalue weighted by Crippen LogP contribution is 2.16. The fraction of sp³-hybridized carbons (Fsp3) is 0.381. The van der Waals surface area contributed by atoms with E-state index in [0.717, 1.165) is 31.1 Å². The van der Waals surface area contributed by atoms with Crippen LogP contribution in [0, 0.1) is 13.8 Å². The van der Waals surface area contributed by atoms with Crippen LogP contribution in [-0.2, 0) is 19.6 Å². The Bertz CT molecular complexity index is 976. The van der Waals surface area contributed by atoms with Gasteiger partial charge in [0.1, 0.15) is 5.82 Å². The maximum atomic E-state index is 11.6. The van der Waals surface area contributed by atoms with Crippen molar-refractivity contribution in [3.63, 3.8) is 0 Å². The molecule has 8 heteroatoms. The van der Waals surface area contributed by atoms with E-state index in [0.29, 0.717) is 19.6 Å². The number of aromatic nitrogens is 4. The summed E-state index contributed by atoms with van der Waals surface area (Å²) in [5.74, 6) is 0.825. The molecule has 2 aromatic heterocycles. The summed E-state index contributed by atoms with van der Waals surface area (Å²) < 4.78 is 3.92. The highest BCUT2D eigenvalue weighted by Gasteiger charge is 2.18. The second kappa shape index (κ2) is 8.38. The molecule has 1 saturated heterocycles. The summed E-state index contributed by atoms with van der Waals surface area (Å²) in [7, 11) is 0. The fourth-order valence-corrected chi connectivity index (χ4v) is 3.61. The Labute approximate surface area is 170 Å². The first-order valence-electron chi connectivity index (χ1n) is 9.97. The van der Waals surface area contributed by atoms with Crippen molar-refractivity contribution in [2.45, 2.75) is 33.5 Å². The van der Waals surface area contributed by atoms with E-state index in [1.165, 1.54) is 16.8 Å². The third-order valence-electron chi connectivity index (χ3n) is 5.34. The molecule has 1 aliphatic heterocycles. The van der Waals surface area contributed by atoms with Gasteiger partial charge < -0.3 is 15.5 Å². The first kappa shape index (κ1) is 19.0. The molecule has 3 aromatic rings. The molecule has 0 bridgehead atoms. The quantitative estimate of drug-likeness (QED) is 0.616. The largest absolute Gasteiger partial charge is 0.364 e. The van der Waals surface area contributed by atoms with Crippen LogP contribution in [-0.4, -0.2) is 50.1 Å². The number of benzene rings is 1. The average molecular weight is 393 g/mol. The molecule has 1 aliphatic rings. The van der Waals surface area contributed by atoms with Gasteiger partial charge in [-0.25, -0.2) is 4.79 Å². The molecule has 4 rings (SSSR count). The number of carbonyl (C=O) groups excluding carboxylic acids is 1. The molecule has 0 saturated carbocycles. The number of hydrogen-bond donors (Lipinski definition) is 2. The van der Waals surface area contributed by atoms with Gasteiger partial charge in [0.05, 0.1) is 18.8 Å². The minimum atomic E-state index is 0.00831. The molecule has 1 fully saturated rings. The van der Waals surface area contributed by atoms with Crippen molar-refractivity contribution >= 4 is 11.8 Å². The molecule has 0 radical (unpaired) electrons. The van der Waals surface area contributed by atoms with Crippen molar-refractivity contribution in [2.24, 2.45) is 0 Å². The van der Waals surface area contributed by atoms with Gasteiger partial charge in [-0.15, -0.1) is 0 Å². The predicted molar refractivity (Wildman–Crippen MR) is 112 cm³/mol. The third-order valence-corrected chi connectivity index (χ3v) is 5.34. The van der Waals surface area contributed by atoms with E-state index in [4.69, 9.17) is 5.10 Å². The maximum absolute atomic E-state index is 11.6. The van der Waals surface area contributed by atoms with Gasteiger partial charge in [-0.1, -0.05) is 30.3 Å².